The lowest BCUT2D eigenvalue weighted by Crippen LogP contribution is -2.23. The van der Waals surface area contributed by atoms with Crippen molar-refractivity contribution in [3.05, 3.63) is 22.5 Å². The number of hydrogen-bond acceptors (Lipinski definition) is 6. The van der Waals surface area contributed by atoms with Gasteiger partial charge in [-0.15, -0.1) is 0 Å². The lowest BCUT2D eigenvalue weighted by atomic mass is 10.4. The van der Waals surface area contributed by atoms with Gasteiger partial charge in [-0.1, -0.05) is 0 Å². The van der Waals surface area contributed by atoms with Crippen molar-refractivity contribution in [3.63, 3.8) is 0 Å². The smallest absolute Gasteiger partial charge is 0.305 e. The maximum atomic E-state index is 10.4. The summed E-state index contributed by atoms with van der Waals surface area (Å²) in [5.41, 5.74) is -0.0904. The Morgan fingerprint density at radius 3 is 2.62 bits per heavy atom. The summed E-state index contributed by atoms with van der Waals surface area (Å²) >= 11 is 0. The maximum Gasteiger partial charge on any atom is 0.305 e. The Bertz CT molecular complexity index is 340. The van der Waals surface area contributed by atoms with Crippen molar-refractivity contribution in [2.45, 2.75) is 6.42 Å². The first kappa shape index (κ1) is 12.3. The Kier molecular flexibility index (Phi) is 4.59. The summed E-state index contributed by atoms with van der Waals surface area (Å²) in [6, 6.07) is 0. The number of nitro groups is 1. The lowest BCUT2D eigenvalue weighted by molar-refractivity contribution is -0.385. The highest BCUT2D eigenvalue weighted by molar-refractivity contribution is 5.32. The van der Waals surface area contributed by atoms with Crippen molar-refractivity contribution < 1.29 is 4.92 Å². The van der Waals surface area contributed by atoms with Crippen LogP contribution in [0.15, 0.2) is 12.4 Å². The SMILES string of the molecule is CNCCCN(C)c1ncc([N+](=O)[O-])cn1. The molecule has 1 aromatic rings. The van der Waals surface area contributed by atoms with Gasteiger partial charge in [0.05, 0.1) is 4.92 Å². The molecule has 7 nitrogen and oxygen atoms in total. The molecule has 0 unspecified atom stereocenters. The molecule has 16 heavy (non-hydrogen) atoms. The molecule has 1 rings (SSSR count). The van der Waals surface area contributed by atoms with Crippen molar-refractivity contribution >= 4 is 11.6 Å². The van der Waals surface area contributed by atoms with E-state index in [-0.39, 0.29) is 5.69 Å². The average molecular weight is 225 g/mol. The highest BCUT2D eigenvalue weighted by Gasteiger charge is 2.08. The van der Waals surface area contributed by atoms with Crippen LogP contribution in [0.25, 0.3) is 0 Å². The molecule has 0 saturated carbocycles. The van der Waals surface area contributed by atoms with Crippen LogP contribution in [0, 0.1) is 10.1 Å². The first-order chi connectivity index (χ1) is 7.65. The van der Waals surface area contributed by atoms with Crippen LogP contribution >= 0.6 is 0 Å². The van der Waals surface area contributed by atoms with Gasteiger partial charge >= 0.3 is 5.69 Å². The summed E-state index contributed by atoms with van der Waals surface area (Å²) < 4.78 is 0. The molecule has 0 atom stereocenters. The average Bonchev–Trinajstić information content (AvgIpc) is 2.29. The second-order valence-corrected chi connectivity index (χ2v) is 3.38. The molecule has 1 N–H and O–H groups in total. The molecule has 7 heteroatoms. The summed E-state index contributed by atoms with van der Waals surface area (Å²) in [7, 11) is 3.75. The van der Waals surface area contributed by atoms with E-state index < -0.39 is 4.92 Å². The zero-order valence-electron chi connectivity index (χ0n) is 9.38. The molecule has 1 aromatic heterocycles. The minimum Gasteiger partial charge on any atom is -0.344 e. The molecule has 0 aliphatic rings. The van der Waals surface area contributed by atoms with Crippen LogP contribution in [-0.4, -0.2) is 42.1 Å². The molecule has 0 saturated heterocycles. The molecule has 0 spiro atoms. The second kappa shape index (κ2) is 5.96. The van der Waals surface area contributed by atoms with Crippen molar-refractivity contribution in [2.24, 2.45) is 0 Å². The molecular formula is C9H15N5O2. The molecule has 0 bridgehead atoms. The van der Waals surface area contributed by atoms with Crippen LogP contribution in [0.5, 0.6) is 0 Å². The predicted molar refractivity (Wildman–Crippen MR) is 60.5 cm³/mol. The summed E-state index contributed by atoms with van der Waals surface area (Å²) in [6.45, 7) is 1.72. The molecule has 0 amide bonds. The van der Waals surface area contributed by atoms with E-state index in [4.69, 9.17) is 0 Å². The van der Waals surface area contributed by atoms with Crippen LogP contribution in [0.2, 0.25) is 0 Å². The van der Waals surface area contributed by atoms with E-state index in [9.17, 15) is 10.1 Å². The van der Waals surface area contributed by atoms with Gasteiger partial charge in [-0.2, -0.15) is 0 Å². The summed E-state index contributed by atoms with van der Waals surface area (Å²) in [6.07, 6.45) is 3.40. The van der Waals surface area contributed by atoms with Crippen molar-refractivity contribution in [1.82, 2.24) is 15.3 Å². The third-order valence-corrected chi connectivity index (χ3v) is 2.10. The van der Waals surface area contributed by atoms with Gasteiger partial charge in [-0.05, 0) is 20.0 Å². The van der Waals surface area contributed by atoms with E-state index in [2.05, 4.69) is 15.3 Å². The van der Waals surface area contributed by atoms with E-state index in [0.29, 0.717) is 5.95 Å². The summed E-state index contributed by atoms with van der Waals surface area (Å²) in [5, 5.41) is 13.4. The standard InChI is InChI=1S/C9H15N5O2/c1-10-4-3-5-13(2)9-11-6-8(7-12-9)14(15)16/h6-7,10H,3-5H2,1-2H3. The van der Waals surface area contributed by atoms with Crippen LogP contribution in [-0.2, 0) is 0 Å². The number of hydrogen-bond donors (Lipinski definition) is 1. The van der Waals surface area contributed by atoms with Crippen LogP contribution in [0.3, 0.4) is 0 Å². The number of rotatable bonds is 6. The van der Waals surface area contributed by atoms with E-state index in [1.54, 1.807) is 0 Å². The fourth-order valence-corrected chi connectivity index (χ4v) is 1.20. The van der Waals surface area contributed by atoms with Crippen LogP contribution < -0.4 is 10.2 Å². The maximum absolute atomic E-state index is 10.4. The quantitative estimate of drug-likeness (QED) is 0.429. The largest absolute Gasteiger partial charge is 0.344 e. The molecule has 0 radical (unpaired) electrons. The lowest BCUT2D eigenvalue weighted by Gasteiger charge is -2.15. The topological polar surface area (TPSA) is 84.2 Å². The van der Waals surface area contributed by atoms with Crippen LogP contribution in [0.4, 0.5) is 11.6 Å². The van der Waals surface area contributed by atoms with E-state index in [1.807, 2.05) is 19.0 Å². The molecule has 1 heterocycles. The number of nitrogens with one attached hydrogen (secondary N) is 1. The zero-order valence-corrected chi connectivity index (χ0v) is 9.38. The van der Waals surface area contributed by atoms with E-state index in [0.717, 1.165) is 19.5 Å². The monoisotopic (exact) mass is 225 g/mol. The van der Waals surface area contributed by atoms with E-state index >= 15 is 0 Å². The molecule has 88 valence electrons. The Balaban J connectivity index is 2.56. The fraction of sp³-hybridized carbons (Fsp3) is 0.556. The Labute approximate surface area is 93.7 Å². The van der Waals surface area contributed by atoms with Gasteiger partial charge in [0.15, 0.2) is 0 Å². The minimum absolute atomic E-state index is 0.0904. The Hall–Kier alpha value is -1.76. The molecular weight excluding hydrogens is 210 g/mol. The van der Waals surface area contributed by atoms with Gasteiger partial charge in [-0.3, -0.25) is 10.1 Å². The van der Waals surface area contributed by atoms with Gasteiger partial charge in [0.1, 0.15) is 12.4 Å². The molecule has 0 aliphatic heterocycles. The van der Waals surface area contributed by atoms with Gasteiger partial charge in [0.25, 0.3) is 0 Å². The predicted octanol–water partition coefficient (Wildman–Crippen LogP) is 0.430. The highest BCUT2D eigenvalue weighted by atomic mass is 16.6. The molecule has 0 fully saturated rings. The van der Waals surface area contributed by atoms with Gasteiger partial charge < -0.3 is 10.2 Å². The van der Waals surface area contributed by atoms with Gasteiger partial charge in [0.2, 0.25) is 5.95 Å². The third kappa shape index (κ3) is 3.43. The Morgan fingerprint density at radius 1 is 1.50 bits per heavy atom. The van der Waals surface area contributed by atoms with Crippen molar-refractivity contribution in [3.8, 4) is 0 Å². The highest BCUT2D eigenvalue weighted by Crippen LogP contribution is 2.10. The number of anilines is 1. The minimum atomic E-state index is -0.509. The van der Waals surface area contributed by atoms with Gasteiger partial charge in [-0.25, -0.2) is 9.97 Å². The number of nitrogens with zero attached hydrogens (tertiary/aromatic N) is 4. The zero-order chi connectivity index (χ0) is 12.0. The van der Waals surface area contributed by atoms with Gasteiger partial charge in [0, 0.05) is 13.6 Å². The summed E-state index contributed by atoms with van der Waals surface area (Å²) in [4.78, 5) is 19.6. The fourth-order valence-electron chi connectivity index (χ4n) is 1.20. The van der Waals surface area contributed by atoms with E-state index in [1.165, 1.54) is 12.4 Å². The third-order valence-electron chi connectivity index (χ3n) is 2.10. The molecule has 0 aliphatic carbocycles. The van der Waals surface area contributed by atoms with Crippen molar-refractivity contribution in [1.29, 1.82) is 0 Å². The van der Waals surface area contributed by atoms with Crippen LogP contribution in [0.1, 0.15) is 6.42 Å². The normalized spacial score (nSPS) is 10.1. The van der Waals surface area contributed by atoms with Crippen molar-refractivity contribution in [2.75, 3.05) is 32.1 Å². The first-order valence-electron chi connectivity index (χ1n) is 4.97. The molecule has 0 aromatic carbocycles. The number of aromatic nitrogens is 2. The Morgan fingerprint density at radius 2 is 2.12 bits per heavy atom. The first-order valence-corrected chi connectivity index (χ1v) is 4.97. The summed E-state index contributed by atoms with van der Waals surface area (Å²) in [5.74, 6) is 0.502. The second-order valence-electron chi connectivity index (χ2n) is 3.38.